The van der Waals surface area contributed by atoms with Crippen molar-refractivity contribution < 1.29 is 18.8 Å². The van der Waals surface area contributed by atoms with Gasteiger partial charge in [-0.25, -0.2) is 4.39 Å². The van der Waals surface area contributed by atoms with Gasteiger partial charge in [0.2, 0.25) is 11.8 Å². The molecule has 3 N–H and O–H groups in total. The number of aromatic nitrogens is 2. The number of aryl methyl sites for hydroxylation is 1. The van der Waals surface area contributed by atoms with Crippen molar-refractivity contribution in [1.82, 2.24) is 20.4 Å². The molecular weight excluding hydrogens is 413 g/mol. The number of nitrogens with zero attached hydrogens (tertiary/aromatic N) is 2. The molecule has 2 aromatic carbocycles. The summed E-state index contributed by atoms with van der Waals surface area (Å²) in [5, 5.41) is 12.6. The van der Waals surface area contributed by atoms with Crippen LogP contribution in [-0.2, 0) is 16.0 Å². The summed E-state index contributed by atoms with van der Waals surface area (Å²) in [6.07, 6.45) is 0.0551. The maximum atomic E-state index is 13.2. The minimum absolute atomic E-state index is 0.0152. The highest BCUT2D eigenvalue weighted by molar-refractivity contribution is 5.99. The lowest BCUT2D eigenvalue weighted by Crippen LogP contribution is -2.49. The van der Waals surface area contributed by atoms with Crippen LogP contribution in [0.1, 0.15) is 21.6 Å². The smallest absolute Gasteiger partial charge is 0.254 e. The molecule has 0 aliphatic carbocycles. The van der Waals surface area contributed by atoms with Crippen LogP contribution in [0, 0.1) is 12.7 Å². The third kappa shape index (κ3) is 4.66. The Hall–Kier alpha value is -4.01. The Kier molecular flexibility index (Phi) is 5.98. The fourth-order valence-corrected chi connectivity index (χ4v) is 3.61. The fourth-order valence-electron chi connectivity index (χ4n) is 3.61. The van der Waals surface area contributed by atoms with E-state index in [1.165, 1.54) is 17.0 Å². The molecule has 32 heavy (non-hydrogen) atoms. The highest BCUT2D eigenvalue weighted by atomic mass is 19.1. The standard InChI is InChI=1S/C23H22FN5O3/c1-14-19(22(28-27-14)15-5-7-17(24)8-6-15)12-20(30)26-18-4-2-3-16(11-18)23(32)29-10-9-25-21(31)13-29/h2-8,11H,9-10,12-13H2,1H3,(H,25,31)(H,26,30)(H,27,28). The second kappa shape index (κ2) is 9.01. The molecule has 164 valence electrons. The van der Waals surface area contributed by atoms with Crippen LogP contribution in [0.2, 0.25) is 0 Å². The van der Waals surface area contributed by atoms with E-state index in [1.54, 1.807) is 36.4 Å². The zero-order chi connectivity index (χ0) is 22.7. The number of carbonyl (C=O) groups is 3. The molecule has 0 bridgehead atoms. The number of nitrogens with one attached hydrogen (secondary N) is 3. The van der Waals surface area contributed by atoms with E-state index in [-0.39, 0.29) is 36.5 Å². The predicted molar refractivity (Wildman–Crippen MR) is 116 cm³/mol. The van der Waals surface area contributed by atoms with Crippen molar-refractivity contribution in [2.24, 2.45) is 0 Å². The van der Waals surface area contributed by atoms with E-state index < -0.39 is 0 Å². The maximum absolute atomic E-state index is 13.2. The van der Waals surface area contributed by atoms with Gasteiger partial charge in [-0.2, -0.15) is 5.10 Å². The molecule has 0 radical (unpaired) electrons. The molecule has 1 aliphatic rings. The molecule has 0 spiro atoms. The van der Waals surface area contributed by atoms with Crippen LogP contribution >= 0.6 is 0 Å². The molecular formula is C23H22FN5O3. The van der Waals surface area contributed by atoms with Gasteiger partial charge >= 0.3 is 0 Å². The Labute approximate surface area is 183 Å². The number of benzene rings is 2. The van der Waals surface area contributed by atoms with Gasteiger partial charge in [0.1, 0.15) is 5.82 Å². The largest absolute Gasteiger partial charge is 0.353 e. The van der Waals surface area contributed by atoms with E-state index in [2.05, 4.69) is 20.8 Å². The zero-order valence-electron chi connectivity index (χ0n) is 17.4. The second-order valence-electron chi connectivity index (χ2n) is 7.57. The van der Waals surface area contributed by atoms with Crippen LogP contribution in [0.15, 0.2) is 48.5 Å². The van der Waals surface area contributed by atoms with Crippen LogP contribution in [-0.4, -0.2) is 52.5 Å². The summed E-state index contributed by atoms with van der Waals surface area (Å²) in [5.41, 5.74) is 3.62. The first-order chi connectivity index (χ1) is 15.4. The quantitative estimate of drug-likeness (QED) is 0.572. The van der Waals surface area contributed by atoms with Crippen molar-refractivity contribution in [1.29, 1.82) is 0 Å². The molecule has 0 saturated carbocycles. The lowest BCUT2D eigenvalue weighted by molar-refractivity contribution is -0.123. The molecule has 1 fully saturated rings. The van der Waals surface area contributed by atoms with Gasteiger partial charge < -0.3 is 15.5 Å². The summed E-state index contributed by atoms with van der Waals surface area (Å²) in [6.45, 7) is 2.69. The normalized spacial score (nSPS) is 13.6. The Morgan fingerprint density at radius 3 is 2.72 bits per heavy atom. The molecule has 3 aromatic rings. The lowest BCUT2D eigenvalue weighted by Gasteiger charge is -2.26. The van der Waals surface area contributed by atoms with E-state index >= 15 is 0 Å². The average Bonchev–Trinajstić information content (AvgIpc) is 3.14. The predicted octanol–water partition coefficient (Wildman–Crippen LogP) is 2.28. The van der Waals surface area contributed by atoms with Crippen molar-refractivity contribution >= 4 is 23.4 Å². The number of hydrogen-bond donors (Lipinski definition) is 3. The van der Waals surface area contributed by atoms with Gasteiger partial charge in [-0.1, -0.05) is 6.07 Å². The highest BCUT2D eigenvalue weighted by Crippen LogP contribution is 2.25. The minimum Gasteiger partial charge on any atom is -0.353 e. The van der Waals surface area contributed by atoms with Crippen LogP contribution in [0.25, 0.3) is 11.3 Å². The number of aromatic amines is 1. The number of piperazine rings is 1. The number of hydrogen-bond acceptors (Lipinski definition) is 4. The molecule has 1 saturated heterocycles. The second-order valence-corrected chi connectivity index (χ2v) is 7.57. The molecule has 1 aliphatic heterocycles. The maximum Gasteiger partial charge on any atom is 0.254 e. The average molecular weight is 435 g/mol. The van der Waals surface area contributed by atoms with Gasteiger partial charge in [0, 0.05) is 41.2 Å². The minimum atomic E-state index is -0.347. The van der Waals surface area contributed by atoms with Crippen LogP contribution < -0.4 is 10.6 Å². The van der Waals surface area contributed by atoms with E-state index in [4.69, 9.17) is 0 Å². The van der Waals surface area contributed by atoms with Crippen LogP contribution in [0.3, 0.4) is 0 Å². The summed E-state index contributed by atoms with van der Waals surface area (Å²) in [5.74, 6) is -1.08. The van der Waals surface area contributed by atoms with E-state index in [1.807, 2.05) is 6.92 Å². The van der Waals surface area contributed by atoms with Crippen molar-refractivity contribution in [2.75, 3.05) is 25.0 Å². The zero-order valence-corrected chi connectivity index (χ0v) is 17.4. The number of carbonyl (C=O) groups excluding carboxylic acids is 3. The van der Waals surface area contributed by atoms with Crippen molar-refractivity contribution in [2.45, 2.75) is 13.3 Å². The monoisotopic (exact) mass is 435 g/mol. The van der Waals surface area contributed by atoms with Crippen molar-refractivity contribution in [3.63, 3.8) is 0 Å². The Morgan fingerprint density at radius 1 is 1.19 bits per heavy atom. The Bertz CT molecular complexity index is 1170. The van der Waals surface area contributed by atoms with Gasteiger partial charge in [0.15, 0.2) is 0 Å². The number of rotatable bonds is 5. The SMILES string of the molecule is Cc1[nH]nc(-c2ccc(F)cc2)c1CC(=O)Nc1cccc(C(=O)N2CCNC(=O)C2)c1. The fraction of sp³-hybridized carbons (Fsp3) is 0.217. The first-order valence-corrected chi connectivity index (χ1v) is 10.2. The van der Waals surface area contributed by atoms with E-state index in [9.17, 15) is 18.8 Å². The van der Waals surface area contributed by atoms with Gasteiger partial charge in [-0.05, 0) is 49.4 Å². The summed E-state index contributed by atoms with van der Waals surface area (Å²) in [6, 6.07) is 12.5. The molecule has 9 heteroatoms. The summed E-state index contributed by atoms with van der Waals surface area (Å²) in [4.78, 5) is 38.5. The molecule has 1 aromatic heterocycles. The molecule has 0 atom stereocenters. The van der Waals surface area contributed by atoms with E-state index in [0.29, 0.717) is 41.2 Å². The molecule has 4 rings (SSSR count). The molecule has 8 nitrogen and oxygen atoms in total. The van der Waals surface area contributed by atoms with Crippen molar-refractivity contribution in [3.8, 4) is 11.3 Å². The number of anilines is 1. The third-order valence-electron chi connectivity index (χ3n) is 5.25. The molecule has 0 unspecified atom stereocenters. The Morgan fingerprint density at radius 2 is 1.97 bits per heavy atom. The highest BCUT2D eigenvalue weighted by Gasteiger charge is 2.22. The molecule has 3 amide bonds. The van der Waals surface area contributed by atoms with Crippen molar-refractivity contribution in [3.05, 3.63) is 71.2 Å². The number of halogens is 1. The Balaban J connectivity index is 1.47. The number of H-pyrrole nitrogens is 1. The summed E-state index contributed by atoms with van der Waals surface area (Å²) < 4.78 is 13.2. The summed E-state index contributed by atoms with van der Waals surface area (Å²) in [7, 11) is 0. The first-order valence-electron chi connectivity index (χ1n) is 10.2. The topological polar surface area (TPSA) is 107 Å². The molecule has 2 heterocycles. The van der Waals surface area contributed by atoms with Gasteiger partial charge in [0.25, 0.3) is 5.91 Å². The van der Waals surface area contributed by atoms with Crippen LogP contribution in [0.5, 0.6) is 0 Å². The van der Waals surface area contributed by atoms with Gasteiger partial charge in [-0.15, -0.1) is 0 Å². The lowest BCUT2D eigenvalue weighted by atomic mass is 10.0. The van der Waals surface area contributed by atoms with Gasteiger partial charge in [0.05, 0.1) is 18.7 Å². The third-order valence-corrected chi connectivity index (χ3v) is 5.25. The number of amides is 3. The first kappa shape index (κ1) is 21.2. The van der Waals surface area contributed by atoms with E-state index in [0.717, 1.165) is 5.69 Å². The van der Waals surface area contributed by atoms with Crippen LogP contribution in [0.4, 0.5) is 10.1 Å². The van der Waals surface area contributed by atoms with Gasteiger partial charge in [-0.3, -0.25) is 19.5 Å². The summed E-state index contributed by atoms with van der Waals surface area (Å²) >= 11 is 0.